The molecule has 0 bridgehead atoms. The van der Waals surface area contributed by atoms with Crippen LogP contribution in [0.5, 0.6) is 0 Å². The molecule has 0 unspecified atom stereocenters. The second-order valence-corrected chi connectivity index (χ2v) is 6.68. The van der Waals surface area contributed by atoms with Crippen LogP contribution in [0.2, 0.25) is 0 Å². The Morgan fingerprint density at radius 2 is 1.71 bits per heavy atom. The van der Waals surface area contributed by atoms with Crippen molar-refractivity contribution in [1.29, 1.82) is 0 Å². The predicted molar refractivity (Wildman–Crippen MR) is 110 cm³/mol. The Balaban J connectivity index is 1.59. The quantitative estimate of drug-likeness (QED) is 0.656. The molecular weight excluding hydrogens is 350 g/mol. The summed E-state index contributed by atoms with van der Waals surface area (Å²) in [5.41, 5.74) is 2.80. The predicted octanol–water partition coefficient (Wildman–Crippen LogP) is 2.83. The minimum absolute atomic E-state index is 0.176. The number of aryl methyl sites for hydroxylation is 1. The Morgan fingerprint density at radius 3 is 2.46 bits per heavy atom. The van der Waals surface area contributed by atoms with Gasteiger partial charge in [0.2, 0.25) is 0 Å². The summed E-state index contributed by atoms with van der Waals surface area (Å²) in [5, 5.41) is 2.94. The van der Waals surface area contributed by atoms with E-state index in [0.29, 0.717) is 18.1 Å². The van der Waals surface area contributed by atoms with Crippen LogP contribution >= 0.6 is 0 Å². The molecular formula is C22H25N5O. The lowest BCUT2D eigenvalue weighted by Crippen LogP contribution is -2.28. The van der Waals surface area contributed by atoms with E-state index in [1.165, 1.54) is 11.1 Å². The van der Waals surface area contributed by atoms with Crippen LogP contribution in [0.1, 0.15) is 27.4 Å². The topological polar surface area (TPSA) is 71.0 Å². The molecule has 0 aliphatic heterocycles. The van der Waals surface area contributed by atoms with E-state index in [9.17, 15) is 4.79 Å². The number of nitrogens with one attached hydrogen (secondary N) is 1. The number of nitrogens with zero attached hydrogens (tertiary/aromatic N) is 4. The van der Waals surface area contributed by atoms with E-state index >= 15 is 0 Å². The van der Waals surface area contributed by atoms with Crippen LogP contribution in [0.25, 0.3) is 0 Å². The zero-order valence-electron chi connectivity index (χ0n) is 16.3. The number of hydrogen-bond donors (Lipinski definition) is 1. The third-order valence-corrected chi connectivity index (χ3v) is 4.48. The van der Waals surface area contributed by atoms with Gasteiger partial charge in [0, 0.05) is 38.6 Å². The van der Waals surface area contributed by atoms with E-state index in [-0.39, 0.29) is 5.91 Å². The molecule has 0 fully saturated rings. The van der Waals surface area contributed by atoms with Crippen molar-refractivity contribution in [3.63, 3.8) is 0 Å². The number of anilines is 1. The molecule has 28 heavy (non-hydrogen) atoms. The van der Waals surface area contributed by atoms with Gasteiger partial charge < -0.3 is 10.2 Å². The van der Waals surface area contributed by atoms with Gasteiger partial charge in [-0.3, -0.25) is 9.78 Å². The van der Waals surface area contributed by atoms with Crippen molar-refractivity contribution >= 4 is 11.7 Å². The van der Waals surface area contributed by atoms with Gasteiger partial charge in [0.25, 0.3) is 5.91 Å². The maximum atomic E-state index is 12.5. The van der Waals surface area contributed by atoms with Gasteiger partial charge in [-0.05, 0) is 43.0 Å². The van der Waals surface area contributed by atoms with Crippen molar-refractivity contribution in [3.05, 3.63) is 83.6 Å². The summed E-state index contributed by atoms with van der Waals surface area (Å²) in [6.45, 7) is 3.16. The number of likely N-dealkylation sites (N-methyl/N-ethyl adjacent to an activating group) is 1. The van der Waals surface area contributed by atoms with Crippen molar-refractivity contribution in [2.45, 2.75) is 19.8 Å². The van der Waals surface area contributed by atoms with E-state index in [0.717, 1.165) is 25.2 Å². The fourth-order valence-corrected chi connectivity index (χ4v) is 2.88. The number of pyridine rings is 1. The van der Waals surface area contributed by atoms with Gasteiger partial charge in [-0.25, -0.2) is 9.97 Å². The molecule has 0 aliphatic carbocycles. The molecule has 1 aromatic carbocycles. The largest absolute Gasteiger partial charge is 0.359 e. The highest BCUT2D eigenvalue weighted by Crippen LogP contribution is 2.12. The normalized spacial score (nSPS) is 10.5. The maximum absolute atomic E-state index is 12.5. The fourth-order valence-electron chi connectivity index (χ4n) is 2.88. The molecule has 0 atom stereocenters. The average molecular weight is 375 g/mol. The molecule has 0 saturated carbocycles. The molecule has 6 heteroatoms. The highest BCUT2D eigenvalue weighted by Gasteiger charge is 2.12. The molecule has 6 nitrogen and oxygen atoms in total. The van der Waals surface area contributed by atoms with Crippen molar-refractivity contribution < 1.29 is 4.79 Å². The second-order valence-electron chi connectivity index (χ2n) is 6.68. The van der Waals surface area contributed by atoms with E-state index < -0.39 is 0 Å². The molecule has 144 valence electrons. The van der Waals surface area contributed by atoms with Crippen molar-refractivity contribution in [3.8, 4) is 0 Å². The number of benzene rings is 1. The van der Waals surface area contributed by atoms with E-state index in [2.05, 4.69) is 32.4 Å². The summed E-state index contributed by atoms with van der Waals surface area (Å²) in [7, 11) is 1.97. The maximum Gasteiger partial charge on any atom is 0.270 e. The first-order valence-corrected chi connectivity index (χ1v) is 9.39. The fraction of sp³-hybridized carbons (Fsp3) is 0.273. The number of hydrogen-bond acceptors (Lipinski definition) is 5. The molecule has 0 saturated heterocycles. The zero-order valence-corrected chi connectivity index (χ0v) is 16.3. The number of carbonyl (C=O) groups is 1. The number of rotatable bonds is 8. The first kappa shape index (κ1) is 19.5. The van der Waals surface area contributed by atoms with Crippen LogP contribution in [-0.2, 0) is 12.8 Å². The van der Waals surface area contributed by atoms with E-state index in [1.807, 2.05) is 42.3 Å². The van der Waals surface area contributed by atoms with Gasteiger partial charge in [-0.1, -0.05) is 30.3 Å². The van der Waals surface area contributed by atoms with Gasteiger partial charge in [0.1, 0.15) is 17.3 Å². The Morgan fingerprint density at radius 1 is 1.00 bits per heavy atom. The minimum Gasteiger partial charge on any atom is -0.359 e. The second kappa shape index (κ2) is 9.60. The molecule has 2 aromatic heterocycles. The number of aromatic nitrogens is 3. The van der Waals surface area contributed by atoms with E-state index in [1.54, 1.807) is 25.4 Å². The molecule has 3 aromatic rings. The summed E-state index contributed by atoms with van der Waals surface area (Å²) in [5.74, 6) is 1.15. The van der Waals surface area contributed by atoms with Gasteiger partial charge in [0.05, 0.1) is 0 Å². The molecule has 1 amide bonds. The third kappa shape index (κ3) is 5.61. The summed E-state index contributed by atoms with van der Waals surface area (Å²) < 4.78 is 0. The molecule has 3 rings (SSSR count). The van der Waals surface area contributed by atoms with Crippen molar-refractivity contribution in [1.82, 2.24) is 20.3 Å². The Labute approximate surface area is 165 Å². The molecule has 1 N–H and O–H groups in total. The van der Waals surface area contributed by atoms with Crippen LogP contribution in [0.3, 0.4) is 0 Å². The third-order valence-electron chi connectivity index (χ3n) is 4.48. The highest BCUT2D eigenvalue weighted by atomic mass is 16.1. The summed E-state index contributed by atoms with van der Waals surface area (Å²) >= 11 is 0. The minimum atomic E-state index is -0.176. The number of carbonyl (C=O) groups excluding carboxylic acids is 1. The standard InChI is InChI=1S/C22H25N5O/c1-17-25-20(22(28)24-14-10-18-6-4-3-5-7-18)16-21(26-17)27(2)15-11-19-8-12-23-13-9-19/h3-9,12-13,16H,10-11,14-15H2,1-2H3,(H,24,28). The Bertz CT molecular complexity index is 899. The lowest BCUT2D eigenvalue weighted by atomic mass is 10.1. The summed E-state index contributed by atoms with van der Waals surface area (Å²) in [6.07, 6.45) is 5.25. The van der Waals surface area contributed by atoms with Crippen LogP contribution < -0.4 is 10.2 Å². The van der Waals surface area contributed by atoms with Crippen molar-refractivity contribution in [2.24, 2.45) is 0 Å². The first-order valence-electron chi connectivity index (χ1n) is 9.39. The zero-order chi connectivity index (χ0) is 19.8. The van der Waals surface area contributed by atoms with Gasteiger partial charge in [-0.15, -0.1) is 0 Å². The van der Waals surface area contributed by atoms with Gasteiger partial charge in [-0.2, -0.15) is 0 Å². The van der Waals surface area contributed by atoms with Crippen LogP contribution in [0, 0.1) is 6.92 Å². The summed E-state index contributed by atoms with van der Waals surface area (Å²) in [4.78, 5) is 27.4. The number of amides is 1. The lowest BCUT2D eigenvalue weighted by Gasteiger charge is -2.19. The lowest BCUT2D eigenvalue weighted by molar-refractivity contribution is 0.0948. The van der Waals surface area contributed by atoms with Crippen LogP contribution in [0.4, 0.5) is 5.82 Å². The van der Waals surface area contributed by atoms with Crippen molar-refractivity contribution in [2.75, 3.05) is 25.0 Å². The molecule has 0 spiro atoms. The summed E-state index contributed by atoms with van der Waals surface area (Å²) in [6, 6.07) is 15.8. The van der Waals surface area contributed by atoms with Gasteiger partial charge in [0.15, 0.2) is 0 Å². The van der Waals surface area contributed by atoms with E-state index in [4.69, 9.17) is 0 Å². The van der Waals surface area contributed by atoms with Gasteiger partial charge >= 0.3 is 0 Å². The molecule has 0 radical (unpaired) electrons. The smallest absolute Gasteiger partial charge is 0.270 e. The average Bonchev–Trinajstić information content (AvgIpc) is 2.73. The first-order chi connectivity index (χ1) is 13.6. The molecule has 0 aliphatic rings. The SMILES string of the molecule is Cc1nc(C(=O)NCCc2ccccc2)cc(N(C)CCc2ccncc2)n1. The Hall–Kier alpha value is -3.28. The van der Waals surface area contributed by atoms with Crippen LogP contribution in [0.15, 0.2) is 60.9 Å². The molecule has 2 heterocycles. The monoisotopic (exact) mass is 375 g/mol. The Kier molecular flexibility index (Phi) is 6.68. The highest BCUT2D eigenvalue weighted by molar-refractivity contribution is 5.92. The van der Waals surface area contributed by atoms with Crippen LogP contribution in [-0.4, -0.2) is 41.0 Å².